The van der Waals surface area contributed by atoms with Gasteiger partial charge in [0.15, 0.2) is 0 Å². The lowest BCUT2D eigenvalue weighted by Gasteiger charge is -2.38. The number of nitrogens with zero attached hydrogens (tertiary/aromatic N) is 4. The normalized spacial score (nSPS) is 23.8. The molecule has 10 nitrogen and oxygen atoms in total. The van der Waals surface area contributed by atoms with Crippen LogP contribution in [0, 0.1) is 0 Å². The standard InChI is InChI=1S/C32H39N5O5/c1-21-3-7-27(29(39)33-21)37-30(40)25-6-5-24(18-26(25)31(37)41)32(42)9-11-35(12-10-32)19-22-4-8-28(38)23(17-22)20-36-15-13-34(2)14-16-36/h4-6,8,17-18,27,38,42H,1,3,7,9-16,19-20H2,2H3,(H,33,39). The first kappa shape index (κ1) is 28.5. The molecule has 3 N–H and O–H groups in total. The molecule has 3 saturated heterocycles. The molecule has 42 heavy (non-hydrogen) atoms. The third-order valence-corrected chi connectivity index (χ3v) is 9.31. The number of phenols is 1. The molecular formula is C32H39N5O5. The van der Waals surface area contributed by atoms with Crippen LogP contribution in [0.1, 0.15) is 63.1 Å². The number of rotatable bonds is 6. The van der Waals surface area contributed by atoms with E-state index in [-0.39, 0.29) is 11.1 Å². The minimum absolute atomic E-state index is 0.238. The van der Waals surface area contributed by atoms with Crippen LogP contribution in [0.3, 0.4) is 0 Å². The van der Waals surface area contributed by atoms with E-state index in [9.17, 15) is 24.6 Å². The molecule has 4 aliphatic heterocycles. The van der Waals surface area contributed by atoms with Gasteiger partial charge in [0, 0.05) is 63.6 Å². The van der Waals surface area contributed by atoms with Crippen molar-refractivity contribution < 1.29 is 24.6 Å². The van der Waals surface area contributed by atoms with Crippen LogP contribution in [0.2, 0.25) is 0 Å². The number of likely N-dealkylation sites (tertiary alicyclic amines) is 1. The molecule has 3 fully saturated rings. The number of carbonyl (C=O) groups excluding carboxylic acids is 3. The van der Waals surface area contributed by atoms with Crippen LogP contribution in [0.15, 0.2) is 48.7 Å². The van der Waals surface area contributed by atoms with Crippen molar-refractivity contribution in [2.45, 2.75) is 50.4 Å². The van der Waals surface area contributed by atoms with E-state index in [1.807, 2.05) is 6.07 Å². The number of nitrogens with one attached hydrogen (secondary N) is 1. The van der Waals surface area contributed by atoms with Crippen LogP contribution < -0.4 is 5.32 Å². The molecule has 0 bridgehead atoms. The molecular weight excluding hydrogens is 534 g/mol. The molecule has 1 unspecified atom stereocenters. The molecule has 4 heterocycles. The Morgan fingerprint density at radius 1 is 0.905 bits per heavy atom. The van der Waals surface area contributed by atoms with Crippen LogP contribution in [0.25, 0.3) is 0 Å². The van der Waals surface area contributed by atoms with Crippen LogP contribution >= 0.6 is 0 Å². The van der Waals surface area contributed by atoms with Gasteiger partial charge in [-0.1, -0.05) is 18.7 Å². The average Bonchev–Trinajstić information content (AvgIpc) is 3.22. The predicted molar refractivity (Wildman–Crippen MR) is 157 cm³/mol. The van der Waals surface area contributed by atoms with E-state index in [1.54, 1.807) is 24.3 Å². The number of likely N-dealkylation sites (N-methyl/N-ethyl adjacent to an activating group) is 1. The summed E-state index contributed by atoms with van der Waals surface area (Å²) in [6.07, 6.45) is 1.82. The van der Waals surface area contributed by atoms with Crippen molar-refractivity contribution in [3.05, 3.63) is 76.5 Å². The van der Waals surface area contributed by atoms with Crippen molar-refractivity contribution in [2.24, 2.45) is 0 Å². The zero-order chi connectivity index (χ0) is 29.6. The summed E-state index contributed by atoms with van der Waals surface area (Å²) >= 11 is 0. The van der Waals surface area contributed by atoms with E-state index >= 15 is 0 Å². The predicted octanol–water partition coefficient (Wildman–Crippen LogP) is 2.01. The SMILES string of the molecule is C=C1CCC(N2C(=O)c3ccc(C4(O)CCN(Cc5ccc(O)c(CN6CCN(C)CC6)c5)CC4)cc3C2=O)C(=O)N1. The minimum Gasteiger partial charge on any atom is -0.508 e. The highest BCUT2D eigenvalue weighted by Gasteiger charge is 2.45. The van der Waals surface area contributed by atoms with Crippen molar-refractivity contribution in [3.8, 4) is 5.75 Å². The first-order valence-electron chi connectivity index (χ1n) is 14.8. The number of benzene rings is 2. The fraction of sp³-hybridized carbons (Fsp3) is 0.469. The highest BCUT2D eigenvalue weighted by Crippen LogP contribution is 2.37. The van der Waals surface area contributed by atoms with Gasteiger partial charge in [-0.2, -0.15) is 0 Å². The Bertz CT molecular complexity index is 1420. The van der Waals surface area contributed by atoms with E-state index in [0.29, 0.717) is 62.3 Å². The average molecular weight is 574 g/mol. The van der Waals surface area contributed by atoms with Gasteiger partial charge in [-0.05, 0) is 68.1 Å². The molecule has 0 aliphatic carbocycles. The summed E-state index contributed by atoms with van der Waals surface area (Å²) in [5.74, 6) is -1.04. The molecule has 2 aromatic rings. The number of piperidine rings is 2. The Hall–Kier alpha value is -3.57. The van der Waals surface area contributed by atoms with Gasteiger partial charge in [0.25, 0.3) is 11.8 Å². The number of carbonyl (C=O) groups is 3. The second-order valence-electron chi connectivity index (χ2n) is 12.2. The van der Waals surface area contributed by atoms with Crippen molar-refractivity contribution in [1.82, 2.24) is 24.9 Å². The third kappa shape index (κ3) is 5.47. The number of imide groups is 1. The van der Waals surface area contributed by atoms with E-state index < -0.39 is 29.4 Å². The second kappa shape index (κ2) is 11.3. The van der Waals surface area contributed by atoms with Gasteiger partial charge in [0.2, 0.25) is 5.91 Å². The van der Waals surface area contributed by atoms with Gasteiger partial charge in [0.05, 0.1) is 16.7 Å². The number of hydrogen-bond acceptors (Lipinski definition) is 8. The lowest BCUT2D eigenvalue weighted by molar-refractivity contribution is -0.125. The molecule has 0 saturated carbocycles. The number of piperazine rings is 1. The third-order valence-electron chi connectivity index (χ3n) is 9.31. The van der Waals surface area contributed by atoms with Crippen LogP contribution in [-0.2, 0) is 23.5 Å². The smallest absolute Gasteiger partial charge is 0.262 e. The summed E-state index contributed by atoms with van der Waals surface area (Å²) in [5.41, 5.74) is 2.64. The topological polar surface area (TPSA) is 117 Å². The molecule has 222 valence electrons. The molecule has 0 aromatic heterocycles. The zero-order valence-corrected chi connectivity index (χ0v) is 24.1. The van der Waals surface area contributed by atoms with Gasteiger partial charge in [-0.15, -0.1) is 0 Å². The maximum atomic E-state index is 13.3. The molecule has 3 amide bonds. The highest BCUT2D eigenvalue weighted by atomic mass is 16.3. The van der Waals surface area contributed by atoms with Gasteiger partial charge < -0.3 is 20.4 Å². The summed E-state index contributed by atoms with van der Waals surface area (Å²) < 4.78 is 0. The summed E-state index contributed by atoms with van der Waals surface area (Å²) in [6, 6.07) is 9.94. The number of amides is 3. The number of aromatic hydroxyl groups is 1. The van der Waals surface area contributed by atoms with Crippen molar-refractivity contribution in [3.63, 3.8) is 0 Å². The largest absolute Gasteiger partial charge is 0.508 e. The summed E-state index contributed by atoms with van der Waals surface area (Å²) in [7, 11) is 2.13. The zero-order valence-electron chi connectivity index (χ0n) is 24.1. The number of phenolic OH excluding ortho intramolecular Hbond substituents is 1. The number of fused-ring (bicyclic) bond motifs is 1. The lowest BCUT2D eigenvalue weighted by atomic mass is 9.83. The van der Waals surface area contributed by atoms with Crippen molar-refractivity contribution in [1.29, 1.82) is 0 Å². The minimum atomic E-state index is -1.12. The molecule has 0 spiro atoms. The lowest BCUT2D eigenvalue weighted by Crippen LogP contribution is -2.51. The number of hydrogen-bond donors (Lipinski definition) is 3. The van der Waals surface area contributed by atoms with Gasteiger partial charge in [0.1, 0.15) is 11.8 Å². The maximum Gasteiger partial charge on any atom is 0.262 e. The molecule has 0 radical (unpaired) electrons. The Morgan fingerprint density at radius 2 is 1.60 bits per heavy atom. The van der Waals surface area contributed by atoms with Gasteiger partial charge in [-0.25, -0.2) is 0 Å². The Morgan fingerprint density at radius 3 is 2.31 bits per heavy atom. The first-order valence-corrected chi connectivity index (χ1v) is 14.8. The number of aliphatic hydroxyl groups is 1. The maximum absolute atomic E-state index is 13.3. The fourth-order valence-corrected chi connectivity index (χ4v) is 6.58. The van der Waals surface area contributed by atoms with Crippen LogP contribution in [0.5, 0.6) is 5.75 Å². The highest BCUT2D eigenvalue weighted by molar-refractivity contribution is 6.23. The number of allylic oxidation sites excluding steroid dienone is 1. The quantitative estimate of drug-likeness (QED) is 0.450. The van der Waals surface area contributed by atoms with E-state index in [4.69, 9.17) is 0 Å². The second-order valence-corrected chi connectivity index (χ2v) is 12.2. The van der Waals surface area contributed by atoms with E-state index in [2.05, 4.69) is 39.7 Å². The van der Waals surface area contributed by atoms with Gasteiger partial charge >= 0.3 is 0 Å². The summed E-state index contributed by atoms with van der Waals surface area (Å²) in [5, 5.41) is 24.8. The summed E-state index contributed by atoms with van der Waals surface area (Å²) in [6.45, 7) is 10.6. The van der Waals surface area contributed by atoms with Crippen molar-refractivity contribution in [2.75, 3.05) is 46.3 Å². The van der Waals surface area contributed by atoms with Crippen molar-refractivity contribution >= 4 is 17.7 Å². The van der Waals surface area contributed by atoms with Crippen LogP contribution in [0.4, 0.5) is 0 Å². The molecule has 4 aliphatic rings. The monoisotopic (exact) mass is 573 g/mol. The van der Waals surface area contributed by atoms with E-state index in [1.165, 1.54) is 0 Å². The van der Waals surface area contributed by atoms with Crippen LogP contribution in [-0.4, -0.2) is 99.9 Å². The Labute approximate surface area is 246 Å². The molecule has 10 heteroatoms. The summed E-state index contributed by atoms with van der Waals surface area (Å²) in [4.78, 5) is 47.0. The fourth-order valence-electron chi connectivity index (χ4n) is 6.58. The van der Waals surface area contributed by atoms with E-state index in [0.717, 1.165) is 48.8 Å². The van der Waals surface area contributed by atoms with Gasteiger partial charge in [-0.3, -0.25) is 29.1 Å². The first-order chi connectivity index (χ1) is 20.1. The Balaban J connectivity index is 1.10. The molecule has 2 aromatic carbocycles. The Kier molecular flexibility index (Phi) is 7.65. The molecule has 1 atom stereocenters. The molecule has 6 rings (SSSR count).